The van der Waals surface area contributed by atoms with E-state index in [0.717, 1.165) is 0 Å². The molecule has 0 radical (unpaired) electrons. The predicted octanol–water partition coefficient (Wildman–Crippen LogP) is 4.38. The number of benzene rings is 2. The molecule has 0 bridgehead atoms. The zero-order valence-corrected chi connectivity index (χ0v) is 11.2. The third-order valence-electron chi connectivity index (χ3n) is 3.33. The average Bonchev–Trinajstić information content (AvgIpc) is 2.47. The van der Waals surface area contributed by atoms with E-state index in [0.29, 0.717) is 22.0 Å². The first kappa shape index (κ1) is 13.4. The number of carbonyl (C=O) groups is 1. The minimum atomic E-state index is -0.511. The van der Waals surface area contributed by atoms with Gasteiger partial charge in [-0.25, -0.2) is 8.78 Å². The molecule has 0 saturated heterocycles. The molecule has 3 aromatic rings. The summed E-state index contributed by atoms with van der Waals surface area (Å²) in [4.78, 5) is 16.0. The van der Waals surface area contributed by atoms with Crippen LogP contribution in [-0.2, 0) is 0 Å². The lowest BCUT2D eigenvalue weighted by molar-refractivity contribution is 0.101. The summed E-state index contributed by atoms with van der Waals surface area (Å²) < 4.78 is 27.6. The number of Topliss-reactive ketones (excluding diaryl/α,β-unsaturated/α-hetero) is 1. The number of nitrogens with zero attached hydrogens (tertiary/aromatic N) is 1. The molecule has 0 fully saturated rings. The Morgan fingerprint density at radius 3 is 2.62 bits per heavy atom. The minimum absolute atomic E-state index is 0.198. The van der Waals surface area contributed by atoms with Crippen LogP contribution in [0.25, 0.3) is 22.0 Å². The predicted molar refractivity (Wildman–Crippen MR) is 77.1 cm³/mol. The van der Waals surface area contributed by atoms with Crippen molar-refractivity contribution in [2.75, 3.05) is 0 Å². The van der Waals surface area contributed by atoms with Crippen LogP contribution in [-0.4, -0.2) is 10.8 Å². The van der Waals surface area contributed by atoms with E-state index in [1.54, 1.807) is 24.3 Å². The van der Waals surface area contributed by atoms with Crippen LogP contribution in [0.3, 0.4) is 0 Å². The van der Waals surface area contributed by atoms with Crippen LogP contribution in [0.4, 0.5) is 8.78 Å². The summed E-state index contributed by atoms with van der Waals surface area (Å²) in [6.45, 7) is 1.35. The molecule has 0 aliphatic rings. The Balaban J connectivity index is 2.46. The molecular weight excluding hydrogens is 272 g/mol. The number of hydrogen-bond donors (Lipinski definition) is 0. The Labute approximate surface area is 120 Å². The maximum atomic E-state index is 14.1. The lowest BCUT2D eigenvalue weighted by Gasteiger charge is -2.12. The number of fused-ring (bicyclic) bond motifs is 1. The van der Waals surface area contributed by atoms with Gasteiger partial charge in [0.25, 0.3) is 0 Å². The molecule has 21 heavy (non-hydrogen) atoms. The summed E-state index contributed by atoms with van der Waals surface area (Å²) in [5.41, 5.74) is 1.51. The number of carbonyl (C=O) groups excluding carboxylic acids is 1. The first-order valence-corrected chi connectivity index (χ1v) is 6.42. The van der Waals surface area contributed by atoms with Crippen LogP contribution in [0.2, 0.25) is 0 Å². The van der Waals surface area contributed by atoms with Gasteiger partial charge in [0, 0.05) is 22.7 Å². The highest BCUT2D eigenvalue weighted by molar-refractivity contribution is 6.08. The zero-order valence-electron chi connectivity index (χ0n) is 11.2. The van der Waals surface area contributed by atoms with Crippen molar-refractivity contribution in [3.8, 4) is 11.1 Å². The maximum absolute atomic E-state index is 14.1. The second-order valence-electron chi connectivity index (χ2n) is 4.75. The van der Waals surface area contributed by atoms with Crippen LogP contribution in [0.15, 0.2) is 48.7 Å². The summed E-state index contributed by atoms with van der Waals surface area (Å²) in [5, 5.41) is 0.307. The van der Waals surface area contributed by atoms with Gasteiger partial charge in [-0.05, 0) is 42.8 Å². The largest absolute Gasteiger partial charge is 0.294 e. The van der Waals surface area contributed by atoms with E-state index in [1.807, 2.05) is 0 Å². The van der Waals surface area contributed by atoms with Crippen molar-refractivity contribution in [3.63, 3.8) is 0 Å². The molecule has 0 atom stereocenters. The molecule has 2 nitrogen and oxygen atoms in total. The van der Waals surface area contributed by atoms with Gasteiger partial charge in [0.1, 0.15) is 11.6 Å². The van der Waals surface area contributed by atoms with Gasteiger partial charge in [-0.3, -0.25) is 9.78 Å². The Kier molecular flexibility index (Phi) is 3.22. The molecule has 3 rings (SSSR count). The maximum Gasteiger partial charge on any atom is 0.160 e. The Bertz CT molecular complexity index is 859. The molecule has 1 heterocycles. The SMILES string of the molecule is CC(=O)c1cc(F)c2cccnc2c1-c1cccc(F)c1. The van der Waals surface area contributed by atoms with Gasteiger partial charge in [0.15, 0.2) is 5.78 Å². The fraction of sp³-hybridized carbons (Fsp3) is 0.0588. The quantitative estimate of drug-likeness (QED) is 0.653. The highest BCUT2D eigenvalue weighted by Gasteiger charge is 2.17. The number of ketones is 1. The molecule has 0 N–H and O–H groups in total. The number of pyridine rings is 1. The Morgan fingerprint density at radius 2 is 1.90 bits per heavy atom. The van der Waals surface area contributed by atoms with Gasteiger partial charge in [-0.15, -0.1) is 0 Å². The van der Waals surface area contributed by atoms with Gasteiger partial charge in [0.2, 0.25) is 0 Å². The van der Waals surface area contributed by atoms with E-state index in [1.165, 1.54) is 31.3 Å². The van der Waals surface area contributed by atoms with Crippen molar-refractivity contribution in [2.24, 2.45) is 0 Å². The number of hydrogen-bond acceptors (Lipinski definition) is 2. The molecule has 0 aliphatic carbocycles. The van der Waals surface area contributed by atoms with Crippen molar-refractivity contribution in [2.45, 2.75) is 6.92 Å². The fourth-order valence-corrected chi connectivity index (χ4v) is 2.42. The topological polar surface area (TPSA) is 30.0 Å². The van der Waals surface area contributed by atoms with Gasteiger partial charge >= 0.3 is 0 Å². The number of halogens is 2. The van der Waals surface area contributed by atoms with Gasteiger partial charge < -0.3 is 0 Å². The first-order valence-electron chi connectivity index (χ1n) is 6.42. The molecule has 0 spiro atoms. The third-order valence-corrected chi connectivity index (χ3v) is 3.33. The van der Waals surface area contributed by atoms with Crippen LogP contribution in [0, 0.1) is 11.6 Å². The van der Waals surface area contributed by atoms with E-state index in [4.69, 9.17) is 0 Å². The number of aromatic nitrogens is 1. The van der Waals surface area contributed by atoms with Crippen molar-refractivity contribution < 1.29 is 13.6 Å². The lowest BCUT2D eigenvalue weighted by Crippen LogP contribution is -2.00. The van der Waals surface area contributed by atoms with Crippen LogP contribution in [0.5, 0.6) is 0 Å². The highest BCUT2D eigenvalue weighted by atomic mass is 19.1. The molecule has 4 heteroatoms. The molecule has 2 aromatic carbocycles. The van der Waals surface area contributed by atoms with E-state index in [-0.39, 0.29) is 11.3 Å². The summed E-state index contributed by atoms with van der Waals surface area (Å²) in [5.74, 6) is -1.22. The summed E-state index contributed by atoms with van der Waals surface area (Å²) in [6, 6.07) is 10.2. The van der Waals surface area contributed by atoms with Crippen molar-refractivity contribution >= 4 is 16.7 Å². The molecular formula is C17H11F2NO. The van der Waals surface area contributed by atoms with Crippen molar-refractivity contribution in [1.29, 1.82) is 0 Å². The fourth-order valence-electron chi connectivity index (χ4n) is 2.42. The normalized spacial score (nSPS) is 10.8. The van der Waals surface area contributed by atoms with Gasteiger partial charge in [0.05, 0.1) is 5.52 Å². The van der Waals surface area contributed by atoms with Gasteiger partial charge in [-0.1, -0.05) is 12.1 Å². The summed E-state index contributed by atoms with van der Waals surface area (Å²) in [7, 11) is 0. The molecule has 0 unspecified atom stereocenters. The minimum Gasteiger partial charge on any atom is -0.294 e. The second kappa shape index (κ2) is 5.05. The Morgan fingerprint density at radius 1 is 1.10 bits per heavy atom. The third kappa shape index (κ3) is 2.29. The first-order chi connectivity index (χ1) is 10.1. The monoisotopic (exact) mass is 283 g/mol. The molecule has 0 aliphatic heterocycles. The summed E-state index contributed by atoms with van der Waals surface area (Å²) in [6.07, 6.45) is 1.52. The Hall–Kier alpha value is -2.62. The molecule has 104 valence electrons. The molecule has 1 aromatic heterocycles. The van der Waals surface area contributed by atoms with Crippen LogP contribution >= 0.6 is 0 Å². The van der Waals surface area contributed by atoms with E-state index in [9.17, 15) is 13.6 Å². The van der Waals surface area contributed by atoms with Gasteiger partial charge in [-0.2, -0.15) is 0 Å². The molecule has 0 amide bonds. The van der Waals surface area contributed by atoms with Crippen LogP contribution in [0.1, 0.15) is 17.3 Å². The van der Waals surface area contributed by atoms with E-state index >= 15 is 0 Å². The van der Waals surface area contributed by atoms with Crippen LogP contribution < -0.4 is 0 Å². The smallest absolute Gasteiger partial charge is 0.160 e. The number of rotatable bonds is 2. The second-order valence-corrected chi connectivity index (χ2v) is 4.75. The zero-order chi connectivity index (χ0) is 15.0. The summed E-state index contributed by atoms with van der Waals surface area (Å²) >= 11 is 0. The van der Waals surface area contributed by atoms with E-state index < -0.39 is 11.6 Å². The lowest BCUT2D eigenvalue weighted by atomic mass is 9.94. The van der Waals surface area contributed by atoms with E-state index in [2.05, 4.69) is 4.98 Å². The van der Waals surface area contributed by atoms with Crippen molar-refractivity contribution in [3.05, 3.63) is 65.9 Å². The highest BCUT2D eigenvalue weighted by Crippen LogP contribution is 2.33. The van der Waals surface area contributed by atoms with Crippen molar-refractivity contribution in [1.82, 2.24) is 4.98 Å². The standard InChI is InChI=1S/C17H11F2NO/c1-10(21)14-9-15(19)13-6-3-7-20-17(13)16(14)11-4-2-5-12(18)8-11/h2-9H,1H3. The average molecular weight is 283 g/mol. The molecule has 0 saturated carbocycles.